The Morgan fingerprint density at radius 1 is 1.10 bits per heavy atom. The van der Waals surface area contributed by atoms with Crippen molar-refractivity contribution in [2.75, 3.05) is 18.2 Å². The second-order valence-corrected chi connectivity index (χ2v) is 5.74. The lowest BCUT2D eigenvalue weighted by Crippen LogP contribution is -2.24. The average molecular weight is 285 g/mol. The quantitative estimate of drug-likeness (QED) is 0.587. The monoisotopic (exact) mass is 285 g/mol. The number of carbonyl (C=O) groups is 2. The van der Waals surface area contributed by atoms with Gasteiger partial charge in [0.2, 0.25) is 0 Å². The van der Waals surface area contributed by atoms with Gasteiger partial charge in [0, 0.05) is 36.0 Å². The average Bonchev–Trinajstić information content (AvgIpc) is 2.79. The summed E-state index contributed by atoms with van der Waals surface area (Å²) in [5.41, 5.74) is 3.29. The molecule has 1 aliphatic heterocycles. The maximum atomic E-state index is 12.0. The fourth-order valence-electron chi connectivity index (χ4n) is 2.73. The lowest BCUT2D eigenvalue weighted by atomic mass is 10.0. The molecule has 0 spiro atoms. The largest absolute Gasteiger partial charge is 0.343 e. The molecule has 4 heteroatoms. The van der Waals surface area contributed by atoms with Gasteiger partial charge in [0.05, 0.1) is 11.3 Å². The number of ketones is 2. The van der Waals surface area contributed by atoms with E-state index in [1.165, 1.54) is 0 Å². The van der Waals surface area contributed by atoms with Gasteiger partial charge in [-0.2, -0.15) is 0 Å². The number of allylic oxidation sites excluding steroid dienone is 2. The molecule has 0 aromatic heterocycles. The molecule has 3 rings (SSSR count). The highest BCUT2D eigenvalue weighted by molar-refractivity contribution is 8.07. The van der Waals surface area contributed by atoms with Crippen molar-refractivity contribution in [1.82, 2.24) is 0 Å². The number of fused-ring (bicyclic) bond motifs is 1. The van der Waals surface area contributed by atoms with Crippen LogP contribution in [-0.4, -0.2) is 24.9 Å². The van der Waals surface area contributed by atoms with Crippen LogP contribution in [0.2, 0.25) is 0 Å². The summed E-state index contributed by atoms with van der Waals surface area (Å²) in [5.74, 6) is -0.0686. The van der Waals surface area contributed by atoms with Gasteiger partial charge in [0.15, 0.2) is 11.6 Å². The van der Waals surface area contributed by atoms with E-state index in [0.717, 1.165) is 21.9 Å². The fraction of sp³-hybridized carbons (Fsp3) is 0.250. The zero-order chi connectivity index (χ0) is 14.3. The molecule has 1 saturated carbocycles. The van der Waals surface area contributed by atoms with E-state index in [9.17, 15) is 9.59 Å². The molecule has 1 aromatic rings. The zero-order valence-electron chi connectivity index (χ0n) is 11.5. The molecule has 0 amide bonds. The number of rotatable bonds is 1. The second-order valence-electron chi connectivity index (χ2n) is 4.90. The highest BCUT2D eigenvalue weighted by Gasteiger charge is 2.32. The van der Waals surface area contributed by atoms with Crippen LogP contribution < -0.4 is 4.90 Å². The summed E-state index contributed by atoms with van der Waals surface area (Å²) in [6, 6.07) is 8.05. The molecular weight excluding hydrogens is 270 g/mol. The Morgan fingerprint density at radius 2 is 1.75 bits per heavy atom. The summed E-state index contributed by atoms with van der Waals surface area (Å²) in [6.45, 7) is 0. The molecular formula is C16H15NO2S. The van der Waals surface area contributed by atoms with Gasteiger partial charge in [-0.05, 0) is 18.4 Å². The predicted octanol–water partition coefficient (Wildman–Crippen LogP) is 3.03. The van der Waals surface area contributed by atoms with Crippen LogP contribution in [0, 0.1) is 0 Å². The molecule has 20 heavy (non-hydrogen) atoms. The minimum atomic E-state index is -0.0343. The Hall–Kier alpha value is -1.81. The van der Waals surface area contributed by atoms with E-state index in [1.807, 2.05) is 42.5 Å². The van der Waals surface area contributed by atoms with Gasteiger partial charge in [-0.25, -0.2) is 0 Å². The van der Waals surface area contributed by atoms with E-state index < -0.39 is 0 Å². The Morgan fingerprint density at radius 3 is 2.40 bits per heavy atom. The standard InChI is InChI=1S/C16H15NO2S/c1-17-11-6-4-3-5-10(11)15(20-2)9-12(17)16-13(18)7-8-14(16)19/h3-6,9H,7-8H2,1-2H3. The van der Waals surface area contributed by atoms with E-state index in [1.54, 1.807) is 11.8 Å². The van der Waals surface area contributed by atoms with E-state index in [2.05, 4.69) is 6.07 Å². The molecule has 102 valence electrons. The summed E-state index contributed by atoms with van der Waals surface area (Å²) >= 11 is 1.63. The molecule has 1 fully saturated rings. The van der Waals surface area contributed by atoms with Crippen LogP contribution in [0.1, 0.15) is 18.4 Å². The maximum absolute atomic E-state index is 12.0. The molecule has 2 aliphatic rings. The number of thioether (sulfide) groups is 1. The number of hydrogen-bond donors (Lipinski definition) is 0. The Labute approximate surface area is 122 Å². The SMILES string of the molecule is CSC1=CC(=C2C(=O)CCC2=O)N(C)c2ccccc21. The molecule has 0 atom stereocenters. The molecule has 1 aromatic carbocycles. The second kappa shape index (κ2) is 4.94. The number of hydrogen-bond acceptors (Lipinski definition) is 4. The molecule has 0 bridgehead atoms. The van der Waals surface area contributed by atoms with Crippen LogP contribution in [0.15, 0.2) is 41.6 Å². The van der Waals surface area contributed by atoms with Crippen molar-refractivity contribution in [3.8, 4) is 0 Å². The van der Waals surface area contributed by atoms with Crippen molar-refractivity contribution >= 4 is 33.9 Å². The molecule has 0 N–H and O–H groups in total. The summed E-state index contributed by atoms with van der Waals surface area (Å²) in [7, 11) is 1.91. The van der Waals surface area contributed by atoms with Crippen LogP contribution in [0.4, 0.5) is 5.69 Å². The summed E-state index contributed by atoms with van der Waals surface area (Å²) < 4.78 is 0. The van der Waals surface area contributed by atoms with Crippen molar-refractivity contribution < 1.29 is 9.59 Å². The van der Waals surface area contributed by atoms with Crippen LogP contribution in [-0.2, 0) is 9.59 Å². The van der Waals surface area contributed by atoms with Gasteiger partial charge in [0.25, 0.3) is 0 Å². The molecule has 1 aliphatic carbocycles. The Balaban J connectivity index is 2.23. The fourth-order valence-corrected chi connectivity index (χ4v) is 3.35. The first-order valence-electron chi connectivity index (χ1n) is 6.53. The normalized spacial score (nSPS) is 18.5. The van der Waals surface area contributed by atoms with Gasteiger partial charge < -0.3 is 4.90 Å². The first-order chi connectivity index (χ1) is 9.63. The first kappa shape index (κ1) is 13.2. The number of anilines is 1. The third kappa shape index (κ3) is 1.91. The van der Waals surface area contributed by atoms with Crippen molar-refractivity contribution in [3.63, 3.8) is 0 Å². The topological polar surface area (TPSA) is 37.4 Å². The van der Waals surface area contributed by atoms with Crippen LogP contribution >= 0.6 is 11.8 Å². The van der Waals surface area contributed by atoms with Gasteiger partial charge in [-0.15, -0.1) is 11.8 Å². The van der Waals surface area contributed by atoms with Crippen LogP contribution in [0.3, 0.4) is 0 Å². The molecule has 3 nitrogen and oxygen atoms in total. The first-order valence-corrected chi connectivity index (χ1v) is 7.75. The third-order valence-electron chi connectivity index (χ3n) is 3.77. The Kier molecular flexibility index (Phi) is 3.26. The highest BCUT2D eigenvalue weighted by Crippen LogP contribution is 2.41. The molecule has 0 saturated heterocycles. The number of benzene rings is 1. The number of Topliss-reactive ketones (excluding diaryl/α,β-unsaturated/α-hetero) is 2. The minimum absolute atomic E-state index is 0.0343. The number of para-hydroxylation sites is 1. The molecule has 0 unspecified atom stereocenters. The molecule has 1 heterocycles. The number of nitrogens with zero attached hydrogens (tertiary/aromatic N) is 1. The van der Waals surface area contributed by atoms with Crippen molar-refractivity contribution in [2.45, 2.75) is 12.8 Å². The van der Waals surface area contributed by atoms with E-state index >= 15 is 0 Å². The summed E-state index contributed by atoms with van der Waals surface area (Å²) in [6.07, 6.45) is 4.66. The van der Waals surface area contributed by atoms with Crippen molar-refractivity contribution in [1.29, 1.82) is 0 Å². The van der Waals surface area contributed by atoms with Crippen molar-refractivity contribution in [2.24, 2.45) is 0 Å². The van der Waals surface area contributed by atoms with Gasteiger partial charge in [-0.1, -0.05) is 18.2 Å². The molecule has 0 radical (unpaired) electrons. The maximum Gasteiger partial charge on any atom is 0.169 e. The third-order valence-corrected chi connectivity index (χ3v) is 4.55. The lowest BCUT2D eigenvalue weighted by Gasteiger charge is -2.30. The van der Waals surface area contributed by atoms with Crippen molar-refractivity contribution in [3.05, 3.63) is 47.2 Å². The Bertz CT molecular complexity index is 655. The van der Waals surface area contributed by atoms with Crippen LogP contribution in [0.5, 0.6) is 0 Å². The minimum Gasteiger partial charge on any atom is -0.343 e. The van der Waals surface area contributed by atoms with E-state index in [0.29, 0.717) is 18.4 Å². The van der Waals surface area contributed by atoms with Gasteiger partial charge >= 0.3 is 0 Å². The van der Waals surface area contributed by atoms with E-state index in [4.69, 9.17) is 0 Å². The smallest absolute Gasteiger partial charge is 0.169 e. The number of likely N-dealkylation sites (N-methyl/N-ethyl adjacent to an activating group) is 1. The lowest BCUT2D eigenvalue weighted by molar-refractivity contribution is -0.116. The number of carbonyl (C=O) groups excluding carboxylic acids is 2. The van der Waals surface area contributed by atoms with Crippen LogP contribution in [0.25, 0.3) is 4.91 Å². The summed E-state index contributed by atoms with van der Waals surface area (Å²) in [4.78, 5) is 27.0. The van der Waals surface area contributed by atoms with Gasteiger partial charge in [-0.3, -0.25) is 9.59 Å². The van der Waals surface area contributed by atoms with E-state index in [-0.39, 0.29) is 11.6 Å². The highest BCUT2D eigenvalue weighted by atomic mass is 32.2. The van der Waals surface area contributed by atoms with Gasteiger partial charge in [0.1, 0.15) is 0 Å². The predicted molar refractivity (Wildman–Crippen MR) is 82.6 cm³/mol. The summed E-state index contributed by atoms with van der Waals surface area (Å²) in [5, 5.41) is 0. The zero-order valence-corrected chi connectivity index (χ0v) is 12.3.